The standard InChI is InChI=1S/C40H27N3S/c1-41-36-18-10-11-23-42(36)43-34-21-19-28(26-12-4-2-5-13-26)24-32(34)37-30-16-8-9-17-31(30)38-33-25-29(27-14-6-3-7-15-27)20-22-35(33)44-40(38)39(37)43/h2-25H,1H3. The van der Waals surface area contributed by atoms with E-state index < -0.39 is 0 Å². The minimum atomic E-state index is 0.896. The van der Waals surface area contributed by atoms with E-state index >= 15 is 0 Å². The quantitative estimate of drug-likeness (QED) is 0.198. The van der Waals surface area contributed by atoms with Crippen LogP contribution in [0.5, 0.6) is 0 Å². The van der Waals surface area contributed by atoms with Gasteiger partial charge in [-0.1, -0.05) is 103 Å². The first-order chi connectivity index (χ1) is 21.8. The second-order valence-corrected chi connectivity index (χ2v) is 12.2. The van der Waals surface area contributed by atoms with E-state index in [1.54, 1.807) is 0 Å². The van der Waals surface area contributed by atoms with Crippen molar-refractivity contribution in [2.75, 3.05) is 7.05 Å². The van der Waals surface area contributed by atoms with Gasteiger partial charge in [0.15, 0.2) is 0 Å². The van der Waals surface area contributed by atoms with Gasteiger partial charge in [0.05, 0.1) is 15.7 Å². The molecule has 0 aliphatic rings. The maximum atomic E-state index is 4.68. The van der Waals surface area contributed by atoms with Crippen molar-refractivity contribution in [3.63, 3.8) is 0 Å². The van der Waals surface area contributed by atoms with Crippen LogP contribution in [0.2, 0.25) is 0 Å². The van der Waals surface area contributed by atoms with Crippen LogP contribution < -0.4 is 5.49 Å². The normalized spacial score (nSPS) is 12.3. The van der Waals surface area contributed by atoms with Gasteiger partial charge in [-0.25, -0.2) is 9.35 Å². The molecular formula is C40H27N3S. The Morgan fingerprint density at radius 3 is 1.84 bits per heavy atom. The van der Waals surface area contributed by atoms with Crippen molar-refractivity contribution in [2.24, 2.45) is 4.99 Å². The summed E-state index contributed by atoms with van der Waals surface area (Å²) >= 11 is 1.88. The predicted molar refractivity (Wildman–Crippen MR) is 187 cm³/mol. The summed E-state index contributed by atoms with van der Waals surface area (Å²) in [7, 11) is 1.86. The highest BCUT2D eigenvalue weighted by molar-refractivity contribution is 7.27. The van der Waals surface area contributed by atoms with Gasteiger partial charge in [-0.05, 0) is 69.4 Å². The number of aromatic nitrogens is 2. The van der Waals surface area contributed by atoms with E-state index in [-0.39, 0.29) is 0 Å². The highest BCUT2D eigenvalue weighted by atomic mass is 32.1. The summed E-state index contributed by atoms with van der Waals surface area (Å²) in [5, 5.41) is 7.67. The summed E-state index contributed by atoms with van der Waals surface area (Å²) in [6, 6.07) is 50.3. The van der Waals surface area contributed by atoms with Crippen LogP contribution in [0.25, 0.3) is 75.0 Å². The molecule has 0 atom stereocenters. The SMILES string of the molecule is CN=c1ccccn1-n1c2ccc(-c3ccccc3)cc2c2c3ccccc3c3c4cc(-c5ccccc5)ccc4sc3c21. The summed E-state index contributed by atoms with van der Waals surface area (Å²) in [5.74, 6) is 0. The third-order valence-electron chi connectivity index (χ3n) is 8.79. The van der Waals surface area contributed by atoms with Crippen molar-refractivity contribution >= 4 is 64.1 Å². The van der Waals surface area contributed by atoms with E-state index in [2.05, 4.69) is 160 Å². The lowest BCUT2D eigenvalue weighted by Crippen LogP contribution is -2.25. The number of pyridine rings is 1. The molecule has 3 aromatic heterocycles. The molecule has 6 aromatic carbocycles. The van der Waals surface area contributed by atoms with Crippen LogP contribution in [-0.4, -0.2) is 16.4 Å². The van der Waals surface area contributed by atoms with Crippen molar-refractivity contribution in [1.29, 1.82) is 0 Å². The molecule has 9 rings (SSSR count). The molecule has 0 bridgehead atoms. The van der Waals surface area contributed by atoms with Crippen molar-refractivity contribution in [1.82, 2.24) is 9.35 Å². The van der Waals surface area contributed by atoms with E-state index in [9.17, 15) is 0 Å². The second-order valence-electron chi connectivity index (χ2n) is 11.2. The van der Waals surface area contributed by atoms with Crippen LogP contribution >= 0.6 is 11.3 Å². The summed E-state index contributed by atoms with van der Waals surface area (Å²) in [4.78, 5) is 4.68. The number of hydrogen-bond acceptors (Lipinski definition) is 2. The van der Waals surface area contributed by atoms with Gasteiger partial charge in [-0.2, -0.15) is 0 Å². The minimum absolute atomic E-state index is 0.896. The fourth-order valence-corrected chi connectivity index (χ4v) is 8.06. The highest BCUT2D eigenvalue weighted by Gasteiger charge is 2.22. The highest BCUT2D eigenvalue weighted by Crippen LogP contribution is 2.48. The minimum Gasteiger partial charge on any atom is -0.270 e. The van der Waals surface area contributed by atoms with E-state index in [0.29, 0.717) is 0 Å². The number of benzene rings is 6. The van der Waals surface area contributed by atoms with Crippen LogP contribution in [0.4, 0.5) is 0 Å². The van der Waals surface area contributed by atoms with Crippen LogP contribution in [0.3, 0.4) is 0 Å². The molecule has 3 heterocycles. The topological polar surface area (TPSA) is 22.2 Å². The maximum Gasteiger partial charge on any atom is 0.146 e. The van der Waals surface area contributed by atoms with Crippen LogP contribution in [0, 0.1) is 0 Å². The molecule has 4 heteroatoms. The Balaban J connectivity index is 1.51. The third kappa shape index (κ3) is 3.65. The first-order valence-corrected chi connectivity index (χ1v) is 15.7. The fourth-order valence-electron chi connectivity index (χ4n) is 6.82. The molecule has 0 spiro atoms. The third-order valence-corrected chi connectivity index (χ3v) is 9.97. The number of thiophene rings is 1. The molecule has 3 nitrogen and oxygen atoms in total. The van der Waals surface area contributed by atoms with Gasteiger partial charge in [0.2, 0.25) is 0 Å². The Morgan fingerprint density at radius 1 is 0.523 bits per heavy atom. The average Bonchev–Trinajstić information content (AvgIpc) is 3.65. The Kier molecular flexibility index (Phi) is 5.59. The van der Waals surface area contributed by atoms with E-state index in [0.717, 1.165) is 11.0 Å². The van der Waals surface area contributed by atoms with Gasteiger partial charge in [-0.15, -0.1) is 11.3 Å². The Bertz CT molecular complexity index is 2600. The number of hydrogen-bond donors (Lipinski definition) is 0. The lowest BCUT2D eigenvalue weighted by molar-refractivity contribution is 0.665. The van der Waals surface area contributed by atoms with Gasteiger partial charge in [0.25, 0.3) is 0 Å². The van der Waals surface area contributed by atoms with Gasteiger partial charge in [0.1, 0.15) is 5.49 Å². The molecule has 0 saturated carbocycles. The van der Waals surface area contributed by atoms with Crippen molar-refractivity contribution in [3.8, 4) is 22.3 Å². The molecule has 208 valence electrons. The van der Waals surface area contributed by atoms with Crippen LogP contribution in [0.15, 0.2) is 151 Å². The second kappa shape index (κ2) is 9.80. The first kappa shape index (κ1) is 25.1. The average molecular weight is 582 g/mol. The molecule has 0 radical (unpaired) electrons. The zero-order valence-electron chi connectivity index (χ0n) is 24.1. The Labute approximate surface area is 258 Å². The molecule has 44 heavy (non-hydrogen) atoms. The molecule has 0 saturated heterocycles. The molecule has 0 N–H and O–H groups in total. The van der Waals surface area contributed by atoms with Gasteiger partial charge in [0, 0.05) is 39.5 Å². The van der Waals surface area contributed by atoms with Crippen LogP contribution in [-0.2, 0) is 0 Å². The summed E-state index contributed by atoms with van der Waals surface area (Å²) < 4.78 is 7.15. The molecule has 0 aliphatic heterocycles. The fraction of sp³-hybridized carbons (Fsp3) is 0.0250. The molecular weight excluding hydrogens is 555 g/mol. The Hall–Kier alpha value is -5.45. The van der Waals surface area contributed by atoms with Gasteiger partial charge >= 0.3 is 0 Å². The molecule has 0 amide bonds. The van der Waals surface area contributed by atoms with Crippen molar-refractivity contribution in [2.45, 2.75) is 0 Å². The Morgan fingerprint density at radius 2 is 1.14 bits per heavy atom. The molecule has 0 fully saturated rings. The first-order valence-electron chi connectivity index (χ1n) is 14.9. The molecule has 0 unspecified atom stereocenters. The summed E-state index contributed by atoms with van der Waals surface area (Å²) in [5.41, 5.74) is 8.15. The van der Waals surface area contributed by atoms with Crippen molar-refractivity contribution in [3.05, 3.63) is 151 Å². The smallest absolute Gasteiger partial charge is 0.146 e. The van der Waals surface area contributed by atoms with E-state index in [1.165, 1.54) is 69.5 Å². The number of nitrogens with zero attached hydrogens (tertiary/aromatic N) is 3. The largest absolute Gasteiger partial charge is 0.270 e. The zero-order chi connectivity index (χ0) is 29.2. The molecule has 9 aromatic rings. The summed E-state index contributed by atoms with van der Waals surface area (Å²) in [6.07, 6.45) is 2.12. The van der Waals surface area contributed by atoms with Gasteiger partial charge in [-0.3, -0.25) is 4.99 Å². The zero-order valence-corrected chi connectivity index (χ0v) is 24.9. The van der Waals surface area contributed by atoms with Crippen molar-refractivity contribution < 1.29 is 0 Å². The van der Waals surface area contributed by atoms with E-state index in [1.807, 2.05) is 18.4 Å². The molecule has 0 aliphatic carbocycles. The summed E-state index contributed by atoms with van der Waals surface area (Å²) in [6.45, 7) is 0. The predicted octanol–water partition coefficient (Wildman–Crippen LogP) is 10.3. The van der Waals surface area contributed by atoms with Gasteiger partial charge < -0.3 is 0 Å². The lowest BCUT2D eigenvalue weighted by Gasteiger charge is -2.13. The van der Waals surface area contributed by atoms with E-state index in [4.69, 9.17) is 0 Å². The monoisotopic (exact) mass is 581 g/mol. The van der Waals surface area contributed by atoms with Crippen LogP contribution in [0.1, 0.15) is 0 Å². The number of fused-ring (bicyclic) bond motifs is 10. The maximum absolute atomic E-state index is 4.68. The lowest BCUT2D eigenvalue weighted by atomic mass is 9.96. The number of rotatable bonds is 3.